The van der Waals surface area contributed by atoms with Gasteiger partial charge in [-0.05, 0) is 25.0 Å². The number of aromatic nitrogens is 4. The van der Waals surface area contributed by atoms with E-state index in [0.717, 1.165) is 27.8 Å². The van der Waals surface area contributed by atoms with Gasteiger partial charge in [0.25, 0.3) is 0 Å². The zero-order valence-corrected chi connectivity index (χ0v) is 16.4. The van der Waals surface area contributed by atoms with Crippen LogP contribution in [0.25, 0.3) is 15.9 Å². The quantitative estimate of drug-likeness (QED) is 0.390. The summed E-state index contributed by atoms with van der Waals surface area (Å²) in [7, 11) is 0. The van der Waals surface area contributed by atoms with Crippen molar-refractivity contribution in [1.82, 2.24) is 19.6 Å². The molecule has 0 radical (unpaired) electrons. The van der Waals surface area contributed by atoms with E-state index in [1.165, 1.54) is 10.4 Å². The number of benzene rings is 1. The minimum Gasteiger partial charge on any atom is -0.387 e. The van der Waals surface area contributed by atoms with Crippen LogP contribution in [0, 0.1) is 0 Å². The molecule has 0 atom stereocenters. The fourth-order valence-electron chi connectivity index (χ4n) is 3.38. The molecule has 4 aromatic rings. The molecule has 0 N–H and O–H groups in total. The van der Waals surface area contributed by atoms with Gasteiger partial charge < -0.3 is 9.57 Å². The van der Waals surface area contributed by atoms with Crippen molar-refractivity contribution in [3.63, 3.8) is 0 Å². The molecule has 28 heavy (non-hydrogen) atoms. The van der Waals surface area contributed by atoms with E-state index in [4.69, 9.17) is 14.6 Å². The van der Waals surface area contributed by atoms with E-state index in [0.29, 0.717) is 12.4 Å². The van der Waals surface area contributed by atoms with Gasteiger partial charge in [0.2, 0.25) is 0 Å². The van der Waals surface area contributed by atoms with Gasteiger partial charge >= 0.3 is 0 Å². The summed E-state index contributed by atoms with van der Waals surface area (Å²) in [5, 5.41) is 9.57. The lowest BCUT2D eigenvalue weighted by Gasteiger charge is -2.30. The SMILES string of the molecule is CC1(C)Cc2c(sc3ncn4nc(CO/N=C/c5ccccc5)nc4c23)CO1. The lowest BCUT2D eigenvalue weighted by molar-refractivity contribution is -0.0379. The second-order valence-electron chi connectivity index (χ2n) is 7.37. The average molecular weight is 393 g/mol. The van der Waals surface area contributed by atoms with Gasteiger partial charge in [0.1, 0.15) is 11.2 Å². The molecule has 3 aromatic heterocycles. The Morgan fingerprint density at radius 3 is 3.04 bits per heavy atom. The maximum Gasteiger partial charge on any atom is 0.192 e. The summed E-state index contributed by atoms with van der Waals surface area (Å²) in [5.41, 5.74) is 2.87. The van der Waals surface area contributed by atoms with Gasteiger partial charge in [-0.2, -0.15) is 0 Å². The van der Waals surface area contributed by atoms with E-state index in [1.54, 1.807) is 28.4 Å². The molecule has 0 saturated carbocycles. The highest BCUT2D eigenvalue weighted by molar-refractivity contribution is 7.19. The highest BCUT2D eigenvalue weighted by Crippen LogP contribution is 2.39. The van der Waals surface area contributed by atoms with Crippen molar-refractivity contribution in [3.05, 3.63) is 58.5 Å². The number of hydrogen-bond acceptors (Lipinski definition) is 7. The molecule has 8 heteroatoms. The van der Waals surface area contributed by atoms with Crippen LogP contribution in [0.3, 0.4) is 0 Å². The lowest BCUT2D eigenvalue weighted by atomic mass is 9.94. The number of oxime groups is 1. The monoisotopic (exact) mass is 393 g/mol. The van der Waals surface area contributed by atoms with Crippen LogP contribution in [0.2, 0.25) is 0 Å². The molecule has 4 heterocycles. The molecular weight excluding hydrogens is 374 g/mol. The summed E-state index contributed by atoms with van der Waals surface area (Å²) in [6.07, 6.45) is 4.21. The predicted octanol–water partition coefficient (Wildman–Crippen LogP) is 3.74. The van der Waals surface area contributed by atoms with Crippen molar-refractivity contribution >= 4 is 33.4 Å². The van der Waals surface area contributed by atoms with Crippen LogP contribution in [0.15, 0.2) is 41.8 Å². The standard InChI is InChI=1S/C20H19N5O2S/c1-20(2)8-14-15(10-26-20)28-19-17(14)18-23-16(24-25(18)12-21-19)11-27-22-9-13-6-4-3-5-7-13/h3-7,9,12H,8,10-11H2,1-2H3/b22-9+. The molecule has 1 aliphatic rings. The molecule has 0 amide bonds. The fraction of sp³-hybridized carbons (Fsp3) is 0.300. The summed E-state index contributed by atoms with van der Waals surface area (Å²) < 4.78 is 7.66. The molecule has 0 fully saturated rings. The van der Waals surface area contributed by atoms with E-state index in [2.05, 4.69) is 29.1 Å². The zero-order valence-electron chi connectivity index (χ0n) is 15.6. The summed E-state index contributed by atoms with van der Waals surface area (Å²) in [4.78, 5) is 16.8. The van der Waals surface area contributed by atoms with E-state index in [1.807, 2.05) is 30.3 Å². The number of fused-ring (bicyclic) bond motifs is 5. The van der Waals surface area contributed by atoms with Crippen molar-refractivity contribution in [2.45, 2.75) is 39.1 Å². The van der Waals surface area contributed by atoms with Gasteiger partial charge in [0.15, 0.2) is 18.1 Å². The highest BCUT2D eigenvalue weighted by atomic mass is 32.1. The largest absolute Gasteiger partial charge is 0.387 e. The van der Waals surface area contributed by atoms with Crippen molar-refractivity contribution < 1.29 is 9.57 Å². The van der Waals surface area contributed by atoms with Crippen LogP contribution in [-0.4, -0.2) is 31.4 Å². The normalized spacial score (nSPS) is 16.1. The van der Waals surface area contributed by atoms with Gasteiger partial charge in [-0.25, -0.2) is 14.5 Å². The lowest BCUT2D eigenvalue weighted by Crippen LogP contribution is -2.31. The molecular formula is C20H19N5O2S. The molecule has 0 spiro atoms. The van der Waals surface area contributed by atoms with Crippen LogP contribution >= 0.6 is 11.3 Å². The Morgan fingerprint density at radius 2 is 2.18 bits per heavy atom. The van der Waals surface area contributed by atoms with Crippen LogP contribution in [0.4, 0.5) is 0 Å². The fourth-order valence-corrected chi connectivity index (χ4v) is 4.44. The first kappa shape index (κ1) is 17.3. The second kappa shape index (κ2) is 6.65. The van der Waals surface area contributed by atoms with Gasteiger partial charge in [-0.15, -0.1) is 16.4 Å². The minimum absolute atomic E-state index is 0.189. The van der Waals surface area contributed by atoms with E-state index in [-0.39, 0.29) is 12.2 Å². The van der Waals surface area contributed by atoms with Gasteiger partial charge in [0, 0.05) is 11.3 Å². The second-order valence-corrected chi connectivity index (χ2v) is 8.45. The first-order valence-corrected chi connectivity index (χ1v) is 9.89. The van der Waals surface area contributed by atoms with Gasteiger partial charge in [0.05, 0.1) is 23.8 Å². The maximum absolute atomic E-state index is 5.94. The number of nitrogens with zero attached hydrogens (tertiary/aromatic N) is 5. The molecule has 0 bridgehead atoms. The Hall–Kier alpha value is -2.84. The molecule has 5 rings (SSSR count). The zero-order chi connectivity index (χ0) is 19.1. The van der Waals surface area contributed by atoms with E-state index < -0.39 is 0 Å². The smallest absolute Gasteiger partial charge is 0.192 e. The Bertz CT molecular complexity index is 1180. The van der Waals surface area contributed by atoms with Gasteiger partial charge in [-0.3, -0.25) is 0 Å². The predicted molar refractivity (Wildman–Crippen MR) is 108 cm³/mol. The number of thiophene rings is 1. The summed E-state index contributed by atoms with van der Waals surface area (Å²) in [6, 6.07) is 9.80. The maximum atomic E-state index is 5.94. The third-order valence-corrected chi connectivity index (χ3v) is 5.83. The summed E-state index contributed by atoms with van der Waals surface area (Å²) in [6.45, 7) is 5.04. The van der Waals surface area contributed by atoms with Crippen LogP contribution in [0.5, 0.6) is 0 Å². The summed E-state index contributed by atoms with van der Waals surface area (Å²) >= 11 is 1.67. The molecule has 0 saturated heterocycles. The van der Waals surface area contributed by atoms with Gasteiger partial charge in [-0.1, -0.05) is 35.5 Å². The molecule has 1 aromatic carbocycles. The molecule has 142 valence electrons. The Balaban J connectivity index is 1.43. The average Bonchev–Trinajstić information content (AvgIpc) is 3.25. The van der Waals surface area contributed by atoms with E-state index in [9.17, 15) is 0 Å². The number of rotatable bonds is 4. The minimum atomic E-state index is -0.189. The van der Waals surface area contributed by atoms with Crippen LogP contribution in [0.1, 0.15) is 35.7 Å². The molecule has 0 aliphatic carbocycles. The summed E-state index contributed by atoms with van der Waals surface area (Å²) in [5.74, 6) is 0.575. The Morgan fingerprint density at radius 1 is 1.32 bits per heavy atom. The van der Waals surface area contributed by atoms with Crippen molar-refractivity contribution in [2.24, 2.45) is 5.16 Å². The molecule has 7 nitrogen and oxygen atoms in total. The first-order chi connectivity index (χ1) is 13.6. The first-order valence-electron chi connectivity index (χ1n) is 9.08. The topological polar surface area (TPSA) is 73.9 Å². The third kappa shape index (κ3) is 3.14. The van der Waals surface area contributed by atoms with Crippen molar-refractivity contribution in [2.75, 3.05) is 0 Å². The van der Waals surface area contributed by atoms with E-state index >= 15 is 0 Å². The molecule has 0 unspecified atom stereocenters. The Kier molecular flexibility index (Phi) is 4.10. The third-order valence-electron chi connectivity index (χ3n) is 4.72. The van der Waals surface area contributed by atoms with Crippen LogP contribution < -0.4 is 0 Å². The number of ether oxygens (including phenoxy) is 1. The van der Waals surface area contributed by atoms with Crippen molar-refractivity contribution in [3.8, 4) is 0 Å². The van der Waals surface area contributed by atoms with Crippen LogP contribution in [-0.2, 0) is 29.2 Å². The number of hydrogen-bond donors (Lipinski definition) is 0. The highest BCUT2D eigenvalue weighted by Gasteiger charge is 2.30. The van der Waals surface area contributed by atoms with Crippen molar-refractivity contribution in [1.29, 1.82) is 0 Å². The molecule has 1 aliphatic heterocycles. The Labute approximate surface area is 165 Å².